The molecule has 0 aliphatic carbocycles. The van der Waals surface area contributed by atoms with Crippen LogP contribution in [0.4, 0.5) is 18.0 Å². The van der Waals surface area contributed by atoms with E-state index in [0.29, 0.717) is 18.8 Å². The number of ether oxygens (including phenoxy) is 1. The van der Waals surface area contributed by atoms with Crippen LogP contribution in [0.25, 0.3) is 0 Å². The van der Waals surface area contributed by atoms with E-state index in [1.165, 1.54) is 17.0 Å². The van der Waals surface area contributed by atoms with Gasteiger partial charge in [-0.15, -0.1) is 0 Å². The summed E-state index contributed by atoms with van der Waals surface area (Å²) in [4.78, 5) is 13.0. The van der Waals surface area contributed by atoms with Crippen molar-refractivity contribution in [2.45, 2.75) is 12.3 Å². The van der Waals surface area contributed by atoms with Gasteiger partial charge in [0.1, 0.15) is 11.9 Å². The largest absolute Gasteiger partial charge is 0.487 e. The molecule has 8 heteroatoms. The molecule has 1 fully saturated rings. The molecule has 21 heavy (non-hydrogen) atoms. The molecular weight excluding hydrogens is 289 g/mol. The van der Waals surface area contributed by atoms with Gasteiger partial charge < -0.3 is 20.1 Å². The van der Waals surface area contributed by atoms with E-state index in [9.17, 15) is 18.0 Å². The third-order valence-corrected chi connectivity index (χ3v) is 3.01. The molecule has 0 radical (unpaired) electrons. The smallest absolute Gasteiger partial charge is 0.416 e. The average Bonchev–Trinajstić information content (AvgIpc) is 2.39. The second kappa shape index (κ2) is 6.21. The molecule has 1 aromatic rings. The standard InChI is InChI=1S/C13H15F3N2O3/c14-13(15,16)9-1-3-10(4-2-9)21-11-7-18(8-11)12(20)17-5-6-19/h1-4,11,19H,5-8H2,(H,17,20). The number of carbonyl (C=O) groups excluding carboxylic acids is 1. The van der Waals surface area contributed by atoms with Crippen molar-refractivity contribution in [2.24, 2.45) is 0 Å². The third kappa shape index (κ3) is 4.01. The van der Waals surface area contributed by atoms with Gasteiger partial charge in [-0.05, 0) is 24.3 Å². The Bertz CT molecular complexity index is 484. The lowest BCUT2D eigenvalue weighted by molar-refractivity contribution is -0.137. The molecule has 1 aliphatic rings. The van der Waals surface area contributed by atoms with Gasteiger partial charge in [0.15, 0.2) is 0 Å². The minimum absolute atomic E-state index is 0.134. The monoisotopic (exact) mass is 304 g/mol. The minimum atomic E-state index is -4.36. The fraction of sp³-hybridized carbons (Fsp3) is 0.462. The van der Waals surface area contributed by atoms with Gasteiger partial charge in [0.25, 0.3) is 0 Å². The number of aliphatic hydroxyl groups excluding tert-OH is 1. The van der Waals surface area contributed by atoms with Crippen molar-refractivity contribution < 1.29 is 27.8 Å². The molecule has 0 spiro atoms. The van der Waals surface area contributed by atoms with E-state index in [-0.39, 0.29) is 25.3 Å². The summed E-state index contributed by atoms with van der Waals surface area (Å²) in [5.74, 6) is 0.336. The Kier molecular flexibility index (Phi) is 4.56. The highest BCUT2D eigenvalue weighted by Crippen LogP contribution is 2.30. The predicted molar refractivity (Wildman–Crippen MR) is 67.9 cm³/mol. The summed E-state index contributed by atoms with van der Waals surface area (Å²) in [5, 5.41) is 11.1. The van der Waals surface area contributed by atoms with Crippen LogP contribution in [0.5, 0.6) is 5.75 Å². The molecule has 1 aliphatic heterocycles. The van der Waals surface area contributed by atoms with Crippen LogP contribution in [-0.2, 0) is 6.18 Å². The summed E-state index contributed by atoms with van der Waals surface area (Å²) in [7, 11) is 0. The first-order valence-corrected chi connectivity index (χ1v) is 6.37. The maximum absolute atomic E-state index is 12.4. The maximum Gasteiger partial charge on any atom is 0.416 e. The Morgan fingerprint density at radius 2 is 1.95 bits per heavy atom. The number of rotatable bonds is 4. The summed E-state index contributed by atoms with van der Waals surface area (Å²) < 4.78 is 42.6. The first kappa shape index (κ1) is 15.4. The number of halogens is 3. The second-order valence-corrected chi connectivity index (χ2v) is 4.62. The number of nitrogens with zero attached hydrogens (tertiary/aromatic N) is 1. The molecule has 1 aromatic carbocycles. The Morgan fingerprint density at radius 1 is 1.33 bits per heavy atom. The van der Waals surface area contributed by atoms with Gasteiger partial charge in [0.2, 0.25) is 0 Å². The molecule has 0 atom stereocenters. The first-order chi connectivity index (χ1) is 9.90. The highest BCUT2D eigenvalue weighted by Gasteiger charge is 2.33. The molecule has 0 bridgehead atoms. The van der Waals surface area contributed by atoms with Crippen LogP contribution in [0.3, 0.4) is 0 Å². The minimum Gasteiger partial charge on any atom is -0.487 e. The van der Waals surface area contributed by atoms with Crippen LogP contribution in [0.2, 0.25) is 0 Å². The molecule has 116 valence electrons. The summed E-state index contributed by atoms with van der Waals surface area (Å²) in [6.45, 7) is 0.765. The zero-order chi connectivity index (χ0) is 15.5. The zero-order valence-corrected chi connectivity index (χ0v) is 11.1. The van der Waals surface area contributed by atoms with E-state index in [0.717, 1.165) is 12.1 Å². The van der Waals surface area contributed by atoms with Crippen molar-refractivity contribution in [1.82, 2.24) is 10.2 Å². The summed E-state index contributed by atoms with van der Waals surface area (Å²) in [5.41, 5.74) is -0.728. The molecule has 1 heterocycles. The van der Waals surface area contributed by atoms with E-state index >= 15 is 0 Å². The number of carbonyl (C=O) groups is 1. The topological polar surface area (TPSA) is 61.8 Å². The molecule has 2 N–H and O–H groups in total. The number of hydrogen-bond donors (Lipinski definition) is 2. The molecule has 2 amide bonds. The Balaban J connectivity index is 1.79. The molecule has 0 saturated carbocycles. The molecule has 0 unspecified atom stereocenters. The number of hydrogen-bond acceptors (Lipinski definition) is 3. The van der Waals surface area contributed by atoms with Crippen molar-refractivity contribution >= 4 is 6.03 Å². The number of benzene rings is 1. The van der Waals surface area contributed by atoms with Crippen molar-refractivity contribution in [1.29, 1.82) is 0 Å². The molecular formula is C13H15F3N2O3. The van der Waals surface area contributed by atoms with Gasteiger partial charge in [-0.2, -0.15) is 13.2 Å². The fourth-order valence-corrected chi connectivity index (χ4v) is 1.87. The number of nitrogens with one attached hydrogen (secondary N) is 1. The van der Waals surface area contributed by atoms with Crippen molar-refractivity contribution in [3.05, 3.63) is 29.8 Å². The van der Waals surface area contributed by atoms with Gasteiger partial charge in [-0.1, -0.05) is 0 Å². The van der Waals surface area contributed by atoms with Crippen LogP contribution in [0.15, 0.2) is 24.3 Å². The number of amides is 2. The van der Waals surface area contributed by atoms with Crippen LogP contribution in [0, 0.1) is 0 Å². The van der Waals surface area contributed by atoms with Crippen molar-refractivity contribution in [2.75, 3.05) is 26.2 Å². The number of aliphatic hydroxyl groups is 1. The Morgan fingerprint density at radius 3 is 2.48 bits per heavy atom. The van der Waals surface area contributed by atoms with Crippen molar-refractivity contribution in [3.63, 3.8) is 0 Å². The van der Waals surface area contributed by atoms with Crippen LogP contribution < -0.4 is 10.1 Å². The Labute approximate surface area is 119 Å². The summed E-state index contributed by atoms with van der Waals surface area (Å²) in [6.07, 6.45) is -4.60. The van der Waals surface area contributed by atoms with E-state index in [4.69, 9.17) is 9.84 Å². The van der Waals surface area contributed by atoms with Crippen LogP contribution >= 0.6 is 0 Å². The van der Waals surface area contributed by atoms with Crippen molar-refractivity contribution in [3.8, 4) is 5.75 Å². The zero-order valence-electron chi connectivity index (χ0n) is 11.1. The maximum atomic E-state index is 12.4. The van der Waals surface area contributed by atoms with E-state index < -0.39 is 11.7 Å². The SMILES string of the molecule is O=C(NCCO)N1CC(Oc2ccc(C(F)(F)F)cc2)C1. The third-order valence-electron chi connectivity index (χ3n) is 3.01. The summed E-state index contributed by atoms with van der Waals surface area (Å²) >= 11 is 0. The van der Waals surface area contributed by atoms with E-state index in [1.807, 2.05) is 0 Å². The molecule has 1 saturated heterocycles. The number of urea groups is 1. The van der Waals surface area contributed by atoms with E-state index in [1.54, 1.807) is 0 Å². The lowest BCUT2D eigenvalue weighted by Gasteiger charge is -2.38. The molecule has 0 aromatic heterocycles. The van der Waals surface area contributed by atoms with Crippen LogP contribution in [0.1, 0.15) is 5.56 Å². The first-order valence-electron chi connectivity index (χ1n) is 6.37. The second-order valence-electron chi connectivity index (χ2n) is 4.62. The molecule has 2 rings (SSSR count). The lowest BCUT2D eigenvalue weighted by Crippen LogP contribution is -2.59. The van der Waals surface area contributed by atoms with E-state index in [2.05, 4.69) is 5.32 Å². The average molecular weight is 304 g/mol. The van der Waals surface area contributed by atoms with Gasteiger partial charge >= 0.3 is 12.2 Å². The van der Waals surface area contributed by atoms with Gasteiger partial charge in [-0.3, -0.25) is 0 Å². The van der Waals surface area contributed by atoms with Crippen LogP contribution in [-0.4, -0.2) is 48.4 Å². The quantitative estimate of drug-likeness (QED) is 0.885. The molecule has 5 nitrogen and oxygen atoms in total. The summed E-state index contributed by atoms with van der Waals surface area (Å²) in [6, 6.07) is 4.14. The lowest BCUT2D eigenvalue weighted by atomic mass is 10.1. The van der Waals surface area contributed by atoms with Gasteiger partial charge in [0, 0.05) is 6.54 Å². The Hall–Kier alpha value is -1.96. The number of alkyl halides is 3. The normalized spacial score (nSPS) is 15.5. The fourth-order valence-electron chi connectivity index (χ4n) is 1.87. The van der Waals surface area contributed by atoms with Gasteiger partial charge in [0.05, 0.1) is 25.3 Å². The van der Waals surface area contributed by atoms with Gasteiger partial charge in [-0.25, -0.2) is 4.79 Å². The highest BCUT2D eigenvalue weighted by atomic mass is 19.4. The number of likely N-dealkylation sites (tertiary alicyclic amines) is 1. The highest BCUT2D eigenvalue weighted by molar-refractivity contribution is 5.75. The predicted octanol–water partition coefficient (Wildman–Crippen LogP) is 1.47.